The largest absolute Gasteiger partial charge is 0.502 e. The highest BCUT2D eigenvalue weighted by Crippen LogP contribution is 2.44. The highest BCUT2D eigenvalue weighted by atomic mass is 31.2. The summed E-state index contributed by atoms with van der Waals surface area (Å²) in [6.45, 7) is -0.774. The Morgan fingerprint density at radius 3 is 2.50 bits per heavy atom. The number of nitrogens with zero attached hydrogens (tertiary/aromatic N) is 1. The van der Waals surface area contributed by atoms with Gasteiger partial charge in [-0.2, -0.15) is 0 Å². The summed E-state index contributed by atoms with van der Waals surface area (Å²) >= 11 is 0. The first-order chi connectivity index (χ1) is 13.0. The van der Waals surface area contributed by atoms with E-state index in [-0.39, 0.29) is 0 Å². The fraction of sp³-hybridized carbons (Fsp3) is 0.385. The highest BCUT2D eigenvalue weighted by Gasteiger charge is 2.45. The lowest BCUT2D eigenvalue weighted by molar-refractivity contribution is -0.0524. The van der Waals surface area contributed by atoms with Crippen molar-refractivity contribution in [3.05, 3.63) is 53.5 Å². The lowest BCUT2D eigenvalue weighted by atomic mass is 10.1. The molecule has 0 amide bonds. The lowest BCUT2D eigenvalue weighted by Crippen LogP contribution is -2.37. The van der Waals surface area contributed by atoms with Crippen molar-refractivity contribution in [1.29, 1.82) is 0 Å². The normalized spacial score (nSPS) is 27.0. The molecule has 5 atom stereocenters. The monoisotopic (exact) mass is 419 g/mol. The summed E-state index contributed by atoms with van der Waals surface area (Å²) in [4.78, 5) is 56.5. The van der Waals surface area contributed by atoms with Crippen LogP contribution >= 0.6 is 7.75 Å². The van der Waals surface area contributed by atoms with Gasteiger partial charge in [0.2, 0.25) is 0 Å². The second kappa shape index (κ2) is 7.09. The van der Waals surface area contributed by atoms with Gasteiger partial charge < -0.3 is 24.9 Å². The van der Waals surface area contributed by atoms with Crippen LogP contribution in [0.2, 0.25) is 0 Å². The van der Waals surface area contributed by atoms with E-state index in [0.717, 1.165) is 16.8 Å². The lowest BCUT2D eigenvalue weighted by Gasteiger charge is -2.19. The number of aliphatic hydroxyl groups excluding tert-OH is 2. The molecule has 1 unspecified atom stereocenters. The van der Waals surface area contributed by atoms with Crippen LogP contribution in [0, 0.1) is 0 Å². The molecule has 0 saturated carbocycles. The summed E-state index contributed by atoms with van der Waals surface area (Å²) in [6.07, 6.45) is -5.04. The SMILES string of the molecule is O=c1ccn([C@@H]2O[C@H](COP(=O)(O)Nc3c(O)c(=O)c3=O)[C@@H](O)[C@H]2O)c(=O)[nH]1. The van der Waals surface area contributed by atoms with Gasteiger partial charge in [0.25, 0.3) is 16.4 Å². The number of hydrogen-bond donors (Lipinski definition) is 6. The molecular formula is C13H14N3O11P. The summed E-state index contributed by atoms with van der Waals surface area (Å²) in [5.41, 5.74) is -4.84. The standard InChI is InChI=1S/C13H14N3O11P/c17-5-1-2-16(13(23)14-5)12-11(22)7(18)4(27-12)3-26-28(24,25)15-6-8(19)10(21)9(6)20/h1-2,4,7,11-12,18-19,22H,3H2,(H,14,17,23)(H2,15,24,25)/t4-,7-,11-,12-/m1/s1. The van der Waals surface area contributed by atoms with Gasteiger partial charge in [-0.3, -0.25) is 33.5 Å². The number of ether oxygens (including phenoxy) is 1. The van der Waals surface area contributed by atoms with Gasteiger partial charge in [0.15, 0.2) is 12.0 Å². The maximum absolute atomic E-state index is 11.9. The molecule has 152 valence electrons. The number of nitrogens with one attached hydrogen (secondary N) is 2. The quantitative estimate of drug-likeness (QED) is 0.200. The van der Waals surface area contributed by atoms with E-state index >= 15 is 0 Å². The van der Waals surface area contributed by atoms with Crippen molar-refractivity contribution >= 4 is 13.4 Å². The molecule has 28 heavy (non-hydrogen) atoms. The first-order valence-corrected chi connectivity index (χ1v) is 9.20. The molecule has 0 aliphatic carbocycles. The van der Waals surface area contributed by atoms with Crippen LogP contribution in [0.3, 0.4) is 0 Å². The molecule has 2 heterocycles. The smallest absolute Gasteiger partial charge is 0.430 e. The summed E-state index contributed by atoms with van der Waals surface area (Å²) in [7, 11) is -4.75. The fourth-order valence-corrected chi connectivity index (χ4v) is 3.46. The van der Waals surface area contributed by atoms with E-state index in [1.807, 2.05) is 4.98 Å². The minimum absolute atomic E-state index is 0.692. The molecular weight excluding hydrogens is 405 g/mol. The Morgan fingerprint density at radius 1 is 1.21 bits per heavy atom. The van der Waals surface area contributed by atoms with Gasteiger partial charge in [0.05, 0.1) is 6.61 Å². The average molecular weight is 419 g/mol. The topological polar surface area (TPSA) is 217 Å². The Balaban J connectivity index is 1.68. The number of aromatic hydroxyl groups is 1. The van der Waals surface area contributed by atoms with Crippen LogP contribution in [-0.2, 0) is 13.8 Å². The van der Waals surface area contributed by atoms with Gasteiger partial charge in [0, 0.05) is 12.3 Å². The van der Waals surface area contributed by atoms with E-state index < -0.39 is 72.4 Å². The number of anilines is 1. The maximum atomic E-state index is 11.9. The van der Waals surface area contributed by atoms with Crippen LogP contribution in [0.25, 0.3) is 0 Å². The Bertz CT molecular complexity index is 1130. The maximum Gasteiger partial charge on any atom is 0.430 e. The Hall–Kier alpha value is -2.61. The summed E-state index contributed by atoms with van der Waals surface area (Å²) in [6, 6.07) is 0.983. The highest BCUT2D eigenvalue weighted by molar-refractivity contribution is 7.54. The fourth-order valence-electron chi connectivity index (χ4n) is 2.56. The van der Waals surface area contributed by atoms with E-state index in [0.29, 0.717) is 0 Å². The van der Waals surface area contributed by atoms with Crippen LogP contribution in [0.4, 0.5) is 5.69 Å². The van der Waals surface area contributed by atoms with Crippen LogP contribution < -0.4 is 27.2 Å². The number of rotatable bonds is 6. The molecule has 0 spiro atoms. The molecule has 15 heteroatoms. The first-order valence-electron chi connectivity index (χ1n) is 7.63. The van der Waals surface area contributed by atoms with E-state index in [1.165, 1.54) is 0 Å². The Morgan fingerprint density at radius 2 is 1.89 bits per heavy atom. The number of aromatic nitrogens is 2. The van der Waals surface area contributed by atoms with Crippen molar-refractivity contribution in [2.45, 2.75) is 24.5 Å². The third-order valence-corrected chi connectivity index (χ3v) is 5.02. The van der Waals surface area contributed by atoms with Crippen LogP contribution in [-0.4, -0.2) is 54.7 Å². The predicted octanol–water partition coefficient (Wildman–Crippen LogP) is -3.31. The summed E-state index contributed by atoms with van der Waals surface area (Å²) in [5.74, 6) is -1.02. The van der Waals surface area contributed by atoms with Gasteiger partial charge in [0.1, 0.15) is 24.0 Å². The number of hydrogen-bond acceptors (Lipinski definition) is 10. The molecule has 1 aliphatic rings. The molecule has 2 aromatic rings. The van der Waals surface area contributed by atoms with Crippen molar-refractivity contribution in [3.63, 3.8) is 0 Å². The molecule has 14 nitrogen and oxygen atoms in total. The molecule has 6 N–H and O–H groups in total. The molecule has 1 saturated heterocycles. The predicted molar refractivity (Wildman–Crippen MR) is 89.7 cm³/mol. The van der Waals surface area contributed by atoms with Crippen LogP contribution in [0.15, 0.2) is 31.4 Å². The van der Waals surface area contributed by atoms with Crippen molar-refractivity contribution in [2.75, 3.05) is 11.7 Å². The second-order valence-corrected chi connectivity index (χ2v) is 7.40. The summed E-state index contributed by atoms with van der Waals surface area (Å²) < 4.78 is 22.6. The Labute approximate surface area is 153 Å². The van der Waals surface area contributed by atoms with Crippen molar-refractivity contribution in [2.24, 2.45) is 0 Å². The van der Waals surface area contributed by atoms with Crippen molar-refractivity contribution in [3.8, 4) is 5.75 Å². The molecule has 1 aromatic heterocycles. The first kappa shape index (κ1) is 20.1. The van der Waals surface area contributed by atoms with Crippen LogP contribution in [0.1, 0.15) is 6.23 Å². The van der Waals surface area contributed by atoms with E-state index in [2.05, 4.69) is 4.52 Å². The number of H-pyrrole nitrogens is 1. The van der Waals surface area contributed by atoms with E-state index in [9.17, 15) is 44.0 Å². The zero-order valence-electron chi connectivity index (χ0n) is 13.7. The molecule has 3 rings (SSSR count). The van der Waals surface area contributed by atoms with Crippen molar-refractivity contribution in [1.82, 2.24) is 9.55 Å². The molecule has 1 aliphatic heterocycles. The number of aromatic amines is 1. The molecule has 0 radical (unpaired) electrons. The minimum Gasteiger partial charge on any atom is -0.502 e. The van der Waals surface area contributed by atoms with E-state index in [4.69, 9.17) is 4.74 Å². The summed E-state index contributed by atoms with van der Waals surface area (Å²) in [5, 5.41) is 30.9. The second-order valence-electron chi connectivity index (χ2n) is 5.87. The van der Waals surface area contributed by atoms with E-state index in [1.54, 1.807) is 5.09 Å². The third-order valence-electron chi connectivity index (χ3n) is 4.01. The minimum atomic E-state index is -4.75. The molecule has 1 aromatic carbocycles. The van der Waals surface area contributed by atoms with Gasteiger partial charge in [-0.1, -0.05) is 0 Å². The van der Waals surface area contributed by atoms with Gasteiger partial charge in [-0.15, -0.1) is 0 Å². The third kappa shape index (κ3) is 3.56. The average Bonchev–Trinajstić information content (AvgIpc) is 2.92. The number of aliphatic hydroxyl groups is 2. The molecule has 1 fully saturated rings. The molecule has 0 bridgehead atoms. The van der Waals surface area contributed by atoms with Crippen molar-refractivity contribution < 1.29 is 34.0 Å². The van der Waals surface area contributed by atoms with Gasteiger partial charge in [-0.25, -0.2) is 9.36 Å². The van der Waals surface area contributed by atoms with Crippen LogP contribution in [0.5, 0.6) is 5.75 Å². The zero-order valence-corrected chi connectivity index (χ0v) is 14.6. The Kier molecular flexibility index (Phi) is 5.10. The van der Waals surface area contributed by atoms with Gasteiger partial charge >= 0.3 is 13.4 Å². The zero-order chi connectivity index (χ0) is 20.8. The van der Waals surface area contributed by atoms with Gasteiger partial charge in [-0.05, 0) is 0 Å².